The summed E-state index contributed by atoms with van der Waals surface area (Å²) in [4.78, 5) is 68.3. The first kappa shape index (κ1) is 65.4. The molecule has 8 aromatic carbocycles. The molecule has 2 aromatic heterocycles. The van der Waals surface area contributed by atoms with E-state index in [0.717, 1.165) is 57.3 Å². The minimum atomic E-state index is -4.44. The predicted molar refractivity (Wildman–Crippen MR) is 346 cm³/mol. The van der Waals surface area contributed by atoms with Crippen molar-refractivity contribution >= 4 is 57.1 Å². The molecular formula is C73H68F6N8O4. The average molecular weight is 1240 g/mol. The van der Waals surface area contributed by atoms with E-state index in [1.165, 1.54) is 24.3 Å². The number of carbonyl (C=O) groups is 4. The third-order valence-corrected chi connectivity index (χ3v) is 15.6. The quantitative estimate of drug-likeness (QED) is 0.0641. The van der Waals surface area contributed by atoms with Crippen LogP contribution in [0.4, 0.5) is 38.0 Å². The molecule has 4 amide bonds. The standard InChI is InChI=1S/C37H35F3N4O2.C36H33F3N4O2/c1-4-44(5-2)36(46)34(27-11-7-6-8-12-27)43(3)24-25-15-21-32-28(23-25)18-22-33(41-32)42-35(45)31-14-10-9-13-30(31)26-16-19-29(20-17-26)37(38,39)40;1-3-43(4-2)35(45)33(26-10-6-5-7-11-26)40-23-24-14-20-31-27(22-24)17-21-32(41-31)42-34(44)30-13-9-8-12-29(30)25-15-18-28(19-16-25)36(37,38)39/h6-23,34H,4-5,24H2,1-3H3,(H,41,42,45);5-22,33,40H,3-4,23H2,1-2H3,(H,41,42,44)/t34-;33-/m00/s1. The van der Waals surface area contributed by atoms with Crippen LogP contribution in [0.25, 0.3) is 44.1 Å². The highest BCUT2D eigenvalue weighted by molar-refractivity contribution is 6.09. The summed E-state index contributed by atoms with van der Waals surface area (Å²) in [7, 11) is 1.95. The highest BCUT2D eigenvalue weighted by Crippen LogP contribution is 2.35. The number of fused-ring (bicyclic) bond motifs is 2. The van der Waals surface area contributed by atoms with Crippen molar-refractivity contribution in [3.63, 3.8) is 0 Å². The summed E-state index contributed by atoms with van der Waals surface area (Å²) in [5, 5.41) is 10.8. The number of carbonyl (C=O) groups excluding carboxylic acids is 4. The van der Waals surface area contributed by atoms with Gasteiger partial charge in [0.25, 0.3) is 11.8 Å². The Labute approximate surface area is 524 Å². The molecule has 2 heterocycles. The van der Waals surface area contributed by atoms with E-state index in [0.29, 0.717) is 95.3 Å². The summed E-state index contributed by atoms with van der Waals surface area (Å²) in [6.45, 7) is 11.4. The van der Waals surface area contributed by atoms with Crippen molar-refractivity contribution in [3.05, 3.63) is 263 Å². The lowest BCUT2D eigenvalue weighted by Crippen LogP contribution is -2.41. The van der Waals surface area contributed by atoms with Crippen molar-refractivity contribution < 1.29 is 45.5 Å². The molecule has 0 spiro atoms. The average Bonchev–Trinajstić information content (AvgIpc) is 1.15. The van der Waals surface area contributed by atoms with E-state index in [4.69, 9.17) is 0 Å². The van der Waals surface area contributed by atoms with Gasteiger partial charge in [0, 0.05) is 61.2 Å². The Kier molecular flexibility index (Phi) is 21.2. The van der Waals surface area contributed by atoms with Crippen LogP contribution in [-0.4, -0.2) is 81.5 Å². The fraction of sp³-hybridized carbons (Fsp3) is 0.205. The van der Waals surface area contributed by atoms with E-state index in [1.807, 2.05) is 159 Å². The Morgan fingerprint density at radius 1 is 0.451 bits per heavy atom. The summed E-state index contributed by atoms with van der Waals surface area (Å²) in [6.07, 6.45) is -8.88. The number of pyridine rings is 2. The molecule has 12 nitrogen and oxygen atoms in total. The summed E-state index contributed by atoms with van der Waals surface area (Å²) < 4.78 is 78.2. The third kappa shape index (κ3) is 16.2. The lowest BCUT2D eigenvalue weighted by atomic mass is 9.98. The summed E-state index contributed by atoms with van der Waals surface area (Å²) in [5.74, 6) is -0.0862. The molecule has 3 N–H and O–H groups in total. The van der Waals surface area contributed by atoms with Crippen LogP contribution in [0, 0.1) is 0 Å². The number of aromatic nitrogens is 2. The first-order chi connectivity index (χ1) is 43.8. The second-order valence-electron chi connectivity index (χ2n) is 21.6. The van der Waals surface area contributed by atoms with E-state index in [-0.39, 0.29) is 11.8 Å². The van der Waals surface area contributed by atoms with Crippen LogP contribution in [0.3, 0.4) is 0 Å². The molecule has 0 saturated carbocycles. The minimum Gasteiger partial charge on any atom is -0.342 e. The van der Waals surface area contributed by atoms with Crippen molar-refractivity contribution in [1.82, 2.24) is 30.0 Å². The number of benzene rings is 8. The molecule has 18 heteroatoms. The first-order valence-electron chi connectivity index (χ1n) is 29.8. The third-order valence-electron chi connectivity index (χ3n) is 15.6. The van der Waals surface area contributed by atoms with E-state index >= 15 is 0 Å². The van der Waals surface area contributed by atoms with Crippen LogP contribution < -0.4 is 16.0 Å². The number of nitrogens with one attached hydrogen (secondary N) is 3. The van der Waals surface area contributed by atoms with Gasteiger partial charge in [-0.15, -0.1) is 0 Å². The van der Waals surface area contributed by atoms with Crippen molar-refractivity contribution in [2.75, 3.05) is 43.9 Å². The minimum absolute atomic E-state index is 0.0222. The molecule has 0 aliphatic rings. The second kappa shape index (κ2) is 29.5. The molecule has 2 atom stereocenters. The van der Waals surface area contributed by atoms with Crippen LogP contribution in [0.1, 0.15) is 93.9 Å². The molecule has 0 bridgehead atoms. The van der Waals surface area contributed by atoms with E-state index < -0.39 is 47.4 Å². The molecule has 91 heavy (non-hydrogen) atoms. The maximum atomic E-state index is 13.5. The van der Waals surface area contributed by atoms with Gasteiger partial charge in [-0.25, -0.2) is 9.97 Å². The number of hydrogen-bond donors (Lipinski definition) is 3. The zero-order chi connectivity index (χ0) is 64.8. The van der Waals surface area contributed by atoms with Gasteiger partial charge in [-0.3, -0.25) is 29.4 Å². The van der Waals surface area contributed by atoms with Crippen LogP contribution >= 0.6 is 0 Å². The molecule has 0 fully saturated rings. The van der Waals surface area contributed by atoms with Crippen molar-refractivity contribution in [2.45, 2.75) is 65.2 Å². The number of halogens is 6. The summed E-state index contributed by atoms with van der Waals surface area (Å²) in [6, 6.07) is 60.3. The van der Waals surface area contributed by atoms with Gasteiger partial charge in [0.1, 0.15) is 23.7 Å². The number of alkyl halides is 6. The van der Waals surface area contributed by atoms with Crippen molar-refractivity contribution in [3.8, 4) is 22.3 Å². The van der Waals surface area contributed by atoms with E-state index in [1.54, 1.807) is 60.7 Å². The Morgan fingerprint density at radius 3 is 1.31 bits per heavy atom. The summed E-state index contributed by atoms with van der Waals surface area (Å²) in [5.41, 5.74) is 6.30. The topological polar surface area (TPSA) is 140 Å². The molecule has 466 valence electrons. The first-order valence-corrected chi connectivity index (χ1v) is 29.8. The van der Waals surface area contributed by atoms with E-state index in [2.05, 4.69) is 25.9 Å². The molecule has 0 unspecified atom stereocenters. The normalized spacial score (nSPS) is 12.2. The van der Waals surface area contributed by atoms with Crippen molar-refractivity contribution in [1.29, 1.82) is 0 Å². The molecular weight excluding hydrogens is 1170 g/mol. The number of nitrogens with zero attached hydrogens (tertiary/aromatic N) is 5. The maximum Gasteiger partial charge on any atom is 0.416 e. The Hall–Kier alpha value is -10.0. The molecule has 0 radical (unpaired) electrons. The van der Waals surface area contributed by atoms with Gasteiger partial charge in [0.15, 0.2) is 0 Å². The van der Waals surface area contributed by atoms with Gasteiger partial charge in [-0.05, 0) is 164 Å². The SMILES string of the molecule is CCN(CC)C(=O)[C@@H](NCc1ccc2nc(NC(=O)c3ccccc3-c3ccc(C(F)(F)F)cc3)ccc2c1)c1ccccc1.CCN(CC)C(=O)[C@H](c1ccccc1)N(C)Cc1ccc2nc(NC(=O)c3ccccc3-c3ccc(C(F)(F)F)cc3)ccc2c1. The zero-order valence-electron chi connectivity index (χ0n) is 50.8. The van der Waals surface area contributed by atoms with Crippen LogP contribution in [0.2, 0.25) is 0 Å². The Morgan fingerprint density at radius 2 is 0.857 bits per heavy atom. The fourth-order valence-electron chi connectivity index (χ4n) is 10.8. The Bertz CT molecular complexity index is 4140. The van der Waals surface area contributed by atoms with Gasteiger partial charge in [-0.1, -0.05) is 133 Å². The van der Waals surface area contributed by atoms with Gasteiger partial charge in [0.2, 0.25) is 11.8 Å². The van der Waals surface area contributed by atoms with Crippen LogP contribution in [0.15, 0.2) is 218 Å². The highest BCUT2D eigenvalue weighted by Gasteiger charge is 2.32. The molecule has 0 aliphatic heterocycles. The van der Waals surface area contributed by atoms with Crippen molar-refractivity contribution in [2.24, 2.45) is 0 Å². The lowest BCUT2D eigenvalue weighted by molar-refractivity contribution is -0.138. The summed E-state index contributed by atoms with van der Waals surface area (Å²) >= 11 is 0. The van der Waals surface area contributed by atoms with E-state index in [9.17, 15) is 45.5 Å². The van der Waals surface area contributed by atoms with Gasteiger partial charge in [0.05, 0.1) is 22.2 Å². The number of amides is 4. The molecule has 0 aliphatic carbocycles. The van der Waals surface area contributed by atoms with Gasteiger partial charge in [-0.2, -0.15) is 26.3 Å². The smallest absolute Gasteiger partial charge is 0.342 e. The second-order valence-corrected chi connectivity index (χ2v) is 21.6. The number of anilines is 2. The van der Waals surface area contributed by atoms with Gasteiger partial charge < -0.3 is 20.4 Å². The number of rotatable bonds is 20. The van der Waals surface area contributed by atoms with Gasteiger partial charge >= 0.3 is 12.4 Å². The van der Waals surface area contributed by atoms with Crippen LogP contribution in [0.5, 0.6) is 0 Å². The number of likely N-dealkylation sites (N-methyl/N-ethyl adjacent to an activating group) is 3. The Balaban J connectivity index is 0.000000215. The highest BCUT2D eigenvalue weighted by atomic mass is 19.4. The fourth-order valence-corrected chi connectivity index (χ4v) is 10.8. The largest absolute Gasteiger partial charge is 0.416 e. The predicted octanol–water partition coefficient (Wildman–Crippen LogP) is 16.1. The molecule has 0 saturated heterocycles. The maximum absolute atomic E-state index is 13.5. The zero-order valence-corrected chi connectivity index (χ0v) is 50.8. The molecule has 10 rings (SSSR count). The number of hydrogen-bond acceptors (Lipinski definition) is 8. The van der Waals surface area contributed by atoms with Crippen LogP contribution in [-0.2, 0) is 35.0 Å². The lowest BCUT2D eigenvalue weighted by Gasteiger charge is -2.32. The molecule has 10 aromatic rings. The monoisotopic (exact) mass is 1230 g/mol.